The fraction of sp³-hybridized carbons (Fsp3) is 0.588. The number of alkyl halides is 2. The van der Waals surface area contributed by atoms with Crippen molar-refractivity contribution in [1.82, 2.24) is 4.72 Å². The van der Waals surface area contributed by atoms with Gasteiger partial charge in [-0.3, -0.25) is 0 Å². The fourth-order valence-corrected chi connectivity index (χ4v) is 4.15. The zero-order chi connectivity index (χ0) is 19.0. The number of ether oxygens (including phenoxy) is 1. The van der Waals surface area contributed by atoms with Crippen molar-refractivity contribution < 1.29 is 22.5 Å². The van der Waals surface area contributed by atoms with Gasteiger partial charge in [0.05, 0.1) is 22.3 Å². The van der Waals surface area contributed by atoms with Gasteiger partial charge in [-0.2, -0.15) is 8.78 Å². The van der Waals surface area contributed by atoms with Gasteiger partial charge in [0.15, 0.2) is 0 Å². The number of halogens is 3. The molecule has 140 valence electrons. The first-order valence-corrected chi connectivity index (χ1v) is 9.93. The molecular weight excluding hydrogens is 416 g/mol. The molecule has 2 rings (SSSR count). The van der Waals surface area contributed by atoms with E-state index < -0.39 is 33.2 Å². The Morgan fingerprint density at radius 1 is 1.40 bits per heavy atom. The lowest BCUT2D eigenvalue weighted by molar-refractivity contribution is -0.185. The second-order valence-corrected chi connectivity index (χ2v) is 9.87. The van der Waals surface area contributed by atoms with E-state index in [2.05, 4.69) is 25.4 Å². The Morgan fingerprint density at radius 2 is 2.04 bits per heavy atom. The molecule has 25 heavy (non-hydrogen) atoms. The van der Waals surface area contributed by atoms with Gasteiger partial charge in [0.1, 0.15) is 5.54 Å². The van der Waals surface area contributed by atoms with Gasteiger partial charge < -0.3 is 4.74 Å². The smallest absolute Gasteiger partial charge is 0.379 e. The van der Waals surface area contributed by atoms with Crippen LogP contribution in [0.5, 0.6) is 0 Å². The zero-order valence-electron chi connectivity index (χ0n) is 14.6. The van der Waals surface area contributed by atoms with Gasteiger partial charge in [0, 0.05) is 4.47 Å². The summed E-state index contributed by atoms with van der Waals surface area (Å²) in [5.74, 6) is -5.48. The van der Waals surface area contributed by atoms with Crippen LogP contribution in [0.15, 0.2) is 22.7 Å². The number of aryl methyl sites for hydroxylation is 1. The standard InChI is InChI=1S/C17H22BrF2NO3S/c1-5-24-14(22)17(19,20)16(21-25(23)15(2,3)4)9-8-11-6-7-12(18)10-13(11)16/h6-7,10,21H,5,8-9H2,1-4H3/t16-,25-/m1/s1. The number of fused-ring (bicyclic) bond motifs is 1. The van der Waals surface area contributed by atoms with E-state index in [0.29, 0.717) is 16.5 Å². The number of hydrogen-bond donors (Lipinski definition) is 1. The summed E-state index contributed by atoms with van der Waals surface area (Å²) < 4.78 is 50.2. The molecule has 1 aliphatic rings. The molecule has 0 aromatic heterocycles. The van der Waals surface area contributed by atoms with E-state index >= 15 is 8.78 Å². The van der Waals surface area contributed by atoms with Gasteiger partial charge in [-0.25, -0.2) is 13.7 Å². The predicted octanol–water partition coefficient (Wildman–Crippen LogP) is 3.84. The van der Waals surface area contributed by atoms with Crippen LogP contribution in [0.4, 0.5) is 8.78 Å². The summed E-state index contributed by atoms with van der Waals surface area (Å²) >= 11 is 3.29. The highest BCUT2D eigenvalue weighted by atomic mass is 79.9. The molecule has 4 nitrogen and oxygen atoms in total. The monoisotopic (exact) mass is 437 g/mol. The highest BCUT2D eigenvalue weighted by Gasteiger charge is 2.64. The Bertz CT molecular complexity index is 706. The maximum absolute atomic E-state index is 15.2. The molecule has 0 unspecified atom stereocenters. The average Bonchev–Trinajstić information content (AvgIpc) is 2.86. The normalized spacial score (nSPS) is 21.7. The summed E-state index contributed by atoms with van der Waals surface area (Å²) in [5, 5.41) is 0. The van der Waals surface area contributed by atoms with Crippen LogP contribution in [0.3, 0.4) is 0 Å². The lowest BCUT2D eigenvalue weighted by atomic mass is 9.86. The number of carbonyl (C=O) groups is 1. The summed E-state index contributed by atoms with van der Waals surface area (Å²) in [5.41, 5.74) is -1.10. The van der Waals surface area contributed by atoms with Crippen molar-refractivity contribution in [3.63, 3.8) is 0 Å². The van der Waals surface area contributed by atoms with E-state index in [4.69, 9.17) is 0 Å². The lowest BCUT2D eigenvalue weighted by Gasteiger charge is -2.38. The van der Waals surface area contributed by atoms with Crippen LogP contribution in [0.1, 0.15) is 45.2 Å². The minimum Gasteiger partial charge on any atom is -0.461 e. The molecule has 0 aliphatic heterocycles. The van der Waals surface area contributed by atoms with Crippen LogP contribution in [-0.2, 0) is 32.5 Å². The molecule has 0 heterocycles. The van der Waals surface area contributed by atoms with E-state index in [0.717, 1.165) is 0 Å². The van der Waals surface area contributed by atoms with Crippen LogP contribution in [0, 0.1) is 0 Å². The Kier molecular flexibility index (Phi) is 5.76. The summed E-state index contributed by atoms with van der Waals surface area (Å²) in [6, 6.07) is 5.06. The first kappa shape index (κ1) is 20.5. The maximum atomic E-state index is 15.2. The zero-order valence-corrected chi connectivity index (χ0v) is 17.0. The highest BCUT2D eigenvalue weighted by molar-refractivity contribution is 9.10. The molecule has 8 heteroatoms. The molecule has 0 amide bonds. The van der Waals surface area contributed by atoms with Crippen LogP contribution in [0.25, 0.3) is 0 Å². The van der Waals surface area contributed by atoms with Gasteiger partial charge >= 0.3 is 11.9 Å². The van der Waals surface area contributed by atoms with E-state index in [1.54, 1.807) is 39.0 Å². The van der Waals surface area contributed by atoms with Crippen LogP contribution >= 0.6 is 15.9 Å². The van der Waals surface area contributed by atoms with Crippen molar-refractivity contribution in [1.29, 1.82) is 0 Å². The molecule has 0 radical (unpaired) electrons. The first-order valence-electron chi connectivity index (χ1n) is 7.99. The van der Waals surface area contributed by atoms with Crippen molar-refractivity contribution >= 4 is 32.9 Å². The average molecular weight is 438 g/mol. The third-order valence-electron chi connectivity index (χ3n) is 4.19. The number of rotatable bonds is 5. The lowest BCUT2D eigenvalue weighted by Crippen LogP contribution is -2.61. The van der Waals surface area contributed by atoms with Gasteiger partial charge in [0.25, 0.3) is 0 Å². The highest BCUT2D eigenvalue weighted by Crippen LogP contribution is 2.49. The predicted molar refractivity (Wildman–Crippen MR) is 96.8 cm³/mol. The SMILES string of the molecule is CCOC(=O)C(F)(F)[C@@]1(N[S@](=O)C(C)(C)C)CCc2ccc(Br)cc21. The van der Waals surface area contributed by atoms with Crippen LogP contribution < -0.4 is 4.72 Å². The van der Waals surface area contributed by atoms with Crippen molar-refractivity contribution in [2.75, 3.05) is 6.61 Å². The van der Waals surface area contributed by atoms with E-state index in [1.807, 2.05) is 0 Å². The third-order valence-corrected chi connectivity index (χ3v) is 6.33. The molecule has 2 atom stereocenters. The van der Waals surface area contributed by atoms with Crippen LogP contribution in [0.2, 0.25) is 0 Å². The number of nitrogens with one attached hydrogen (secondary N) is 1. The molecule has 0 saturated heterocycles. The third kappa shape index (κ3) is 3.66. The van der Waals surface area contributed by atoms with Gasteiger partial charge in [-0.1, -0.05) is 22.0 Å². The summed E-state index contributed by atoms with van der Waals surface area (Å²) in [7, 11) is -1.80. The molecule has 0 bridgehead atoms. The minimum atomic E-state index is -3.87. The summed E-state index contributed by atoms with van der Waals surface area (Å²) in [6.07, 6.45) is 0.304. The Hall–Kier alpha value is -0.860. The molecule has 1 aliphatic carbocycles. The van der Waals surface area contributed by atoms with E-state index in [-0.39, 0.29) is 18.6 Å². The molecule has 1 aromatic carbocycles. The first-order chi connectivity index (χ1) is 11.5. The topological polar surface area (TPSA) is 55.4 Å². The quantitative estimate of drug-likeness (QED) is 0.711. The number of carbonyl (C=O) groups excluding carboxylic acids is 1. The molecule has 0 spiro atoms. The summed E-state index contributed by atoms with van der Waals surface area (Å²) in [4.78, 5) is 12.1. The second kappa shape index (κ2) is 7.04. The number of hydrogen-bond acceptors (Lipinski definition) is 3. The largest absolute Gasteiger partial charge is 0.461 e. The number of benzene rings is 1. The molecule has 0 saturated carbocycles. The molecule has 0 fully saturated rings. The fourth-order valence-electron chi connectivity index (χ4n) is 2.82. The van der Waals surface area contributed by atoms with E-state index in [9.17, 15) is 9.00 Å². The minimum absolute atomic E-state index is 0.0492. The summed E-state index contributed by atoms with van der Waals surface area (Å²) in [6.45, 7) is 6.37. The Labute approximate surface area is 157 Å². The maximum Gasteiger partial charge on any atom is 0.379 e. The van der Waals surface area contributed by atoms with Crippen LogP contribution in [-0.4, -0.2) is 27.5 Å². The van der Waals surface area contributed by atoms with Gasteiger partial charge in [-0.15, -0.1) is 0 Å². The Morgan fingerprint density at radius 3 is 2.60 bits per heavy atom. The Balaban J connectivity index is 2.61. The van der Waals surface area contributed by atoms with Crippen molar-refractivity contribution in [3.8, 4) is 0 Å². The van der Waals surface area contributed by atoms with Crippen molar-refractivity contribution in [3.05, 3.63) is 33.8 Å². The van der Waals surface area contributed by atoms with Crippen molar-refractivity contribution in [2.45, 2.75) is 56.7 Å². The number of esters is 1. The van der Waals surface area contributed by atoms with E-state index in [1.165, 1.54) is 6.92 Å². The molecule has 1 N–H and O–H groups in total. The van der Waals surface area contributed by atoms with Crippen molar-refractivity contribution in [2.24, 2.45) is 0 Å². The van der Waals surface area contributed by atoms with Gasteiger partial charge in [-0.05, 0) is 63.8 Å². The van der Waals surface area contributed by atoms with Gasteiger partial charge in [0.2, 0.25) is 0 Å². The molecule has 1 aromatic rings. The second-order valence-electron chi connectivity index (χ2n) is 6.98. The molecular formula is C17H22BrF2NO3S.